The van der Waals surface area contributed by atoms with Gasteiger partial charge in [-0.25, -0.2) is 0 Å². The van der Waals surface area contributed by atoms with E-state index in [2.05, 4.69) is 19.9 Å². The lowest BCUT2D eigenvalue weighted by atomic mass is 9.49. The van der Waals surface area contributed by atoms with Crippen LogP contribution in [0.3, 0.4) is 0 Å². The van der Waals surface area contributed by atoms with E-state index in [1.54, 1.807) is 0 Å². The van der Waals surface area contributed by atoms with Crippen molar-refractivity contribution in [1.29, 1.82) is 0 Å². The standard InChI is InChI=1S/C19H30/c1-18-11-5-7-16(18)15-9-8-14-6-3-4-12-19(14,2)17(15)10-13-18/h9,14,16-17H,3-8,10-13H2,1-2H3. The molecule has 0 aliphatic heterocycles. The van der Waals surface area contributed by atoms with Gasteiger partial charge in [-0.15, -0.1) is 0 Å². The third-order valence-electron chi connectivity index (χ3n) is 7.78. The van der Waals surface area contributed by atoms with Gasteiger partial charge in [-0.05, 0) is 73.5 Å². The molecule has 106 valence electrons. The molecule has 4 rings (SSSR count). The summed E-state index contributed by atoms with van der Waals surface area (Å²) < 4.78 is 0. The van der Waals surface area contributed by atoms with Crippen molar-refractivity contribution < 1.29 is 0 Å². The molecule has 0 heterocycles. The number of hydrogen-bond donors (Lipinski definition) is 0. The predicted octanol–water partition coefficient (Wildman–Crippen LogP) is 5.73. The van der Waals surface area contributed by atoms with Crippen LogP contribution in [0.4, 0.5) is 0 Å². The Balaban J connectivity index is 1.71. The van der Waals surface area contributed by atoms with Crippen molar-refractivity contribution in [2.24, 2.45) is 28.6 Å². The number of rotatable bonds is 0. The average molecular weight is 258 g/mol. The van der Waals surface area contributed by atoms with E-state index in [9.17, 15) is 0 Å². The van der Waals surface area contributed by atoms with Crippen LogP contribution in [-0.4, -0.2) is 0 Å². The van der Waals surface area contributed by atoms with Crippen molar-refractivity contribution in [1.82, 2.24) is 0 Å². The molecule has 0 heteroatoms. The van der Waals surface area contributed by atoms with Crippen LogP contribution >= 0.6 is 0 Å². The van der Waals surface area contributed by atoms with Crippen molar-refractivity contribution in [2.45, 2.75) is 78.1 Å². The maximum Gasteiger partial charge on any atom is -0.0143 e. The van der Waals surface area contributed by atoms with E-state index in [0.717, 1.165) is 17.8 Å². The van der Waals surface area contributed by atoms with Crippen LogP contribution in [0.15, 0.2) is 11.6 Å². The van der Waals surface area contributed by atoms with E-state index in [1.807, 2.05) is 5.57 Å². The third-order valence-corrected chi connectivity index (χ3v) is 7.78. The highest BCUT2D eigenvalue weighted by atomic mass is 14.6. The summed E-state index contributed by atoms with van der Waals surface area (Å²) in [5, 5.41) is 0. The minimum absolute atomic E-state index is 0.673. The van der Waals surface area contributed by atoms with Gasteiger partial charge in [-0.3, -0.25) is 0 Å². The maximum absolute atomic E-state index is 2.73. The first-order valence-electron chi connectivity index (χ1n) is 8.83. The average Bonchev–Trinajstić information content (AvgIpc) is 2.79. The Hall–Kier alpha value is -0.260. The fraction of sp³-hybridized carbons (Fsp3) is 0.895. The van der Waals surface area contributed by atoms with Crippen molar-refractivity contribution in [3.8, 4) is 0 Å². The molecule has 0 aromatic carbocycles. The van der Waals surface area contributed by atoms with Crippen LogP contribution in [0.2, 0.25) is 0 Å². The lowest BCUT2D eigenvalue weighted by Crippen LogP contribution is -2.46. The molecule has 4 aliphatic rings. The van der Waals surface area contributed by atoms with E-state index in [4.69, 9.17) is 0 Å². The zero-order valence-corrected chi connectivity index (χ0v) is 12.9. The van der Waals surface area contributed by atoms with Crippen molar-refractivity contribution in [3.05, 3.63) is 11.6 Å². The van der Waals surface area contributed by atoms with Gasteiger partial charge in [0.1, 0.15) is 0 Å². The molecule has 5 atom stereocenters. The summed E-state index contributed by atoms with van der Waals surface area (Å²) in [5.41, 5.74) is 3.29. The highest BCUT2D eigenvalue weighted by molar-refractivity contribution is 5.26. The largest absolute Gasteiger partial charge is 0.0844 e. The molecule has 0 aromatic heterocycles. The molecule has 5 unspecified atom stereocenters. The lowest BCUT2D eigenvalue weighted by molar-refractivity contribution is 0.00875. The Kier molecular flexibility index (Phi) is 2.71. The molecule has 0 N–H and O–H groups in total. The molecule has 0 spiro atoms. The van der Waals surface area contributed by atoms with Gasteiger partial charge in [0, 0.05) is 0 Å². The third kappa shape index (κ3) is 1.64. The van der Waals surface area contributed by atoms with Gasteiger partial charge in [0.25, 0.3) is 0 Å². The van der Waals surface area contributed by atoms with Gasteiger partial charge >= 0.3 is 0 Å². The van der Waals surface area contributed by atoms with Crippen molar-refractivity contribution in [3.63, 3.8) is 0 Å². The van der Waals surface area contributed by atoms with Crippen LogP contribution < -0.4 is 0 Å². The summed E-state index contributed by atoms with van der Waals surface area (Å²) in [7, 11) is 0. The van der Waals surface area contributed by atoms with Crippen molar-refractivity contribution >= 4 is 0 Å². The topological polar surface area (TPSA) is 0 Å². The fourth-order valence-electron chi connectivity index (χ4n) is 6.53. The summed E-state index contributed by atoms with van der Waals surface area (Å²) in [6, 6.07) is 0. The molecule has 0 nitrogen and oxygen atoms in total. The Morgan fingerprint density at radius 1 is 0.895 bits per heavy atom. The number of allylic oxidation sites excluding steroid dienone is 2. The smallest absolute Gasteiger partial charge is 0.0143 e. The second-order valence-electron chi connectivity index (χ2n) is 8.58. The molecule has 0 saturated heterocycles. The minimum atomic E-state index is 0.673. The second kappa shape index (κ2) is 4.12. The quantitative estimate of drug-likeness (QED) is 0.487. The van der Waals surface area contributed by atoms with Crippen molar-refractivity contribution in [2.75, 3.05) is 0 Å². The zero-order valence-electron chi connectivity index (χ0n) is 12.9. The monoisotopic (exact) mass is 258 g/mol. The van der Waals surface area contributed by atoms with Crippen LogP contribution in [0.25, 0.3) is 0 Å². The highest BCUT2D eigenvalue weighted by Gasteiger charge is 2.53. The van der Waals surface area contributed by atoms with E-state index < -0.39 is 0 Å². The van der Waals surface area contributed by atoms with Gasteiger partial charge in [-0.1, -0.05) is 44.8 Å². The van der Waals surface area contributed by atoms with E-state index in [-0.39, 0.29) is 0 Å². The fourth-order valence-corrected chi connectivity index (χ4v) is 6.53. The minimum Gasteiger partial charge on any atom is -0.0844 e. The first-order valence-corrected chi connectivity index (χ1v) is 8.83. The van der Waals surface area contributed by atoms with Gasteiger partial charge in [0.15, 0.2) is 0 Å². The summed E-state index contributed by atoms with van der Waals surface area (Å²) >= 11 is 0. The van der Waals surface area contributed by atoms with Crippen LogP contribution in [0, 0.1) is 28.6 Å². The first kappa shape index (κ1) is 12.5. The molecular formula is C19H30. The summed E-state index contributed by atoms with van der Waals surface area (Å²) in [6.45, 7) is 5.25. The molecule has 0 bridgehead atoms. The normalized spacial score (nSPS) is 52.9. The molecule has 4 aliphatic carbocycles. The SMILES string of the molecule is CC12CCCC1C1=CCC3CCCCC3(C)C1CC2. The summed E-state index contributed by atoms with van der Waals surface area (Å²) in [6.07, 6.45) is 17.7. The first-order chi connectivity index (χ1) is 9.13. The number of hydrogen-bond acceptors (Lipinski definition) is 0. The molecule has 3 saturated carbocycles. The Bertz CT molecular complexity index is 406. The maximum atomic E-state index is 2.73. The molecule has 0 aromatic rings. The molecule has 3 fully saturated rings. The van der Waals surface area contributed by atoms with Gasteiger partial charge < -0.3 is 0 Å². The summed E-state index contributed by atoms with van der Waals surface area (Å²) in [4.78, 5) is 0. The van der Waals surface area contributed by atoms with Gasteiger partial charge in [0.05, 0.1) is 0 Å². The van der Waals surface area contributed by atoms with E-state index in [1.165, 1.54) is 64.2 Å². The highest BCUT2D eigenvalue weighted by Crippen LogP contribution is 2.64. The molecule has 19 heavy (non-hydrogen) atoms. The zero-order chi connectivity index (χ0) is 13.1. The Morgan fingerprint density at radius 3 is 2.68 bits per heavy atom. The lowest BCUT2D eigenvalue weighted by Gasteiger charge is -2.56. The van der Waals surface area contributed by atoms with E-state index in [0.29, 0.717) is 10.8 Å². The van der Waals surface area contributed by atoms with Crippen LogP contribution in [0.1, 0.15) is 78.1 Å². The molecule has 0 radical (unpaired) electrons. The molecular weight excluding hydrogens is 228 g/mol. The Morgan fingerprint density at radius 2 is 1.79 bits per heavy atom. The van der Waals surface area contributed by atoms with Crippen LogP contribution in [0.5, 0.6) is 0 Å². The van der Waals surface area contributed by atoms with E-state index >= 15 is 0 Å². The second-order valence-corrected chi connectivity index (χ2v) is 8.58. The van der Waals surface area contributed by atoms with Gasteiger partial charge in [-0.2, -0.15) is 0 Å². The van der Waals surface area contributed by atoms with Gasteiger partial charge in [0.2, 0.25) is 0 Å². The van der Waals surface area contributed by atoms with Crippen LogP contribution in [-0.2, 0) is 0 Å². The Labute approximate surface area is 119 Å². The summed E-state index contributed by atoms with van der Waals surface area (Å²) in [5.74, 6) is 2.94. The molecule has 0 amide bonds. The predicted molar refractivity (Wildman–Crippen MR) is 80.9 cm³/mol. The number of fused-ring (bicyclic) bond motifs is 5.